The minimum absolute atomic E-state index is 0.164. The lowest BCUT2D eigenvalue weighted by Gasteiger charge is -2.06. The summed E-state index contributed by atoms with van der Waals surface area (Å²) in [6.45, 7) is 1.51. The molecule has 1 aromatic carbocycles. The molecule has 7 heteroatoms. The van der Waals surface area contributed by atoms with Crippen molar-refractivity contribution >= 4 is 38.6 Å². The molecule has 0 aliphatic rings. The van der Waals surface area contributed by atoms with Crippen molar-refractivity contribution in [2.45, 2.75) is 11.1 Å². The quantitative estimate of drug-likeness (QED) is 0.844. The van der Waals surface area contributed by atoms with Crippen molar-refractivity contribution in [1.82, 2.24) is 0 Å². The van der Waals surface area contributed by atoms with Gasteiger partial charge in [-0.05, 0) is 36.8 Å². The molecule has 0 fully saturated rings. The van der Waals surface area contributed by atoms with Crippen LogP contribution in [0.2, 0.25) is 4.34 Å². The summed E-state index contributed by atoms with van der Waals surface area (Å²) in [6, 6.07) is 8.18. The highest BCUT2D eigenvalue weighted by molar-refractivity contribution is 7.94. The molecular weight excluding hydrogens is 330 g/mol. The summed E-state index contributed by atoms with van der Waals surface area (Å²) in [5, 5.41) is 8.66. The number of nitrogens with one attached hydrogen (secondary N) is 1. The standard InChI is InChI=1S/C14H12ClNO3S2/c1-10-8-13(20-14(10)15)21(18,19)16-12-6-2-4-11(9-12)5-3-7-17/h2,4,6,8-9,16-17H,7H2,1H3. The highest BCUT2D eigenvalue weighted by Crippen LogP contribution is 2.31. The molecule has 0 saturated carbocycles. The van der Waals surface area contributed by atoms with Crippen molar-refractivity contribution in [3.05, 3.63) is 45.8 Å². The maximum atomic E-state index is 12.3. The maximum Gasteiger partial charge on any atom is 0.271 e. The van der Waals surface area contributed by atoms with Gasteiger partial charge in [-0.15, -0.1) is 11.3 Å². The number of anilines is 1. The van der Waals surface area contributed by atoms with Crippen molar-refractivity contribution < 1.29 is 13.5 Å². The van der Waals surface area contributed by atoms with Crippen LogP contribution >= 0.6 is 22.9 Å². The van der Waals surface area contributed by atoms with Gasteiger partial charge in [0.1, 0.15) is 10.8 Å². The van der Waals surface area contributed by atoms with Crippen LogP contribution in [0.3, 0.4) is 0 Å². The molecule has 1 heterocycles. The highest BCUT2D eigenvalue weighted by atomic mass is 35.5. The predicted octanol–water partition coefficient (Wildman–Crippen LogP) is 2.85. The molecule has 0 aliphatic heterocycles. The Morgan fingerprint density at radius 1 is 1.38 bits per heavy atom. The minimum Gasteiger partial charge on any atom is -0.384 e. The average molecular weight is 342 g/mol. The number of aliphatic hydroxyl groups is 1. The normalized spacial score (nSPS) is 10.8. The lowest BCUT2D eigenvalue weighted by atomic mass is 10.2. The van der Waals surface area contributed by atoms with E-state index >= 15 is 0 Å². The fraction of sp³-hybridized carbons (Fsp3) is 0.143. The maximum absolute atomic E-state index is 12.3. The van der Waals surface area contributed by atoms with Crippen LogP contribution in [-0.2, 0) is 10.0 Å². The second kappa shape index (κ2) is 6.50. The summed E-state index contributed by atoms with van der Waals surface area (Å²) in [5.74, 6) is 5.23. The van der Waals surface area contributed by atoms with Gasteiger partial charge in [-0.25, -0.2) is 8.42 Å². The Hall–Kier alpha value is -1.52. The first-order valence-corrected chi connectivity index (χ1v) is 8.58. The van der Waals surface area contributed by atoms with E-state index in [1.165, 1.54) is 6.07 Å². The molecule has 1 aromatic heterocycles. The molecule has 2 N–H and O–H groups in total. The highest BCUT2D eigenvalue weighted by Gasteiger charge is 2.18. The third-order valence-electron chi connectivity index (χ3n) is 2.53. The van der Waals surface area contributed by atoms with Gasteiger partial charge in [-0.1, -0.05) is 29.5 Å². The van der Waals surface area contributed by atoms with Crippen LogP contribution in [0, 0.1) is 18.8 Å². The smallest absolute Gasteiger partial charge is 0.271 e. The van der Waals surface area contributed by atoms with E-state index < -0.39 is 10.0 Å². The Balaban J connectivity index is 2.28. The summed E-state index contributed by atoms with van der Waals surface area (Å²) in [5.41, 5.74) is 1.75. The predicted molar refractivity (Wildman–Crippen MR) is 85.3 cm³/mol. The molecule has 2 rings (SSSR count). The van der Waals surface area contributed by atoms with Crippen molar-refractivity contribution in [1.29, 1.82) is 0 Å². The molecule has 0 unspecified atom stereocenters. The zero-order valence-electron chi connectivity index (χ0n) is 11.1. The first kappa shape index (κ1) is 15.9. The van der Waals surface area contributed by atoms with Crippen LogP contribution in [0.25, 0.3) is 0 Å². The number of sulfonamides is 1. The molecule has 4 nitrogen and oxygen atoms in total. The second-order valence-corrected chi connectivity index (χ2v) is 7.73. The summed E-state index contributed by atoms with van der Waals surface area (Å²) >= 11 is 6.92. The van der Waals surface area contributed by atoms with Crippen molar-refractivity contribution in [3.63, 3.8) is 0 Å². The number of benzene rings is 1. The monoisotopic (exact) mass is 341 g/mol. The SMILES string of the molecule is Cc1cc(S(=O)(=O)Nc2cccc(C#CCO)c2)sc1Cl. The number of aliphatic hydroxyl groups excluding tert-OH is 1. The molecule has 0 amide bonds. The van der Waals surface area contributed by atoms with Gasteiger partial charge in [0.15, 0.2) is 0 Å². The van der Waals surface area contributed by atoms with E-state index in [0.717, 1.165) is 16.9 Å². The molecule has 0 spiro atoms. The van der Waals surface area contributed by atoms with E-state index in [1.807, 2.05) is 0 Å². The number of rotatable bonds is 3. The van der Waals surface area contributed by atoms with Crippen molar-refractivity contribution in [3.8, 4) is 11.8 Å². The van der Waals surface area contributed by atoms with E-state index in [2.05, 4.69) is 16.6 Å². The molecular formula is C14H12ClNO3S2. The largest absolute Gasteiger partial charge is 0.384 e. The van der Waals surface area contributed by atoms with Gasteiger partial charge in [0, 0.05) is 5.56 Å². The number of hydrogen-bond acceptors (Lipinski definition) is 4. The lowest BCUT2D eigenvalue weighted by Crippen LogP contribution is -2.11. The molecule has 0 saturated heterocycles. The van der Waals surface area contributed by atoms with Crippen LogP contribution in [0.5, 0.6) is 0 Å². The summed E-state index contributed by atoms with van der Waals surface area (Å²) in [6.07, 6.45) is 0. The van der Waals surface area contributed by atoms with E-state index in [0.29, 0.717) is 15.6 Å². The van der Waals surface area contributed by atoms with Gasteiger partial charge in [0.25, 0.3) is 10.0 Å². The number of thiophene rings is 1. The fourth-order valence-corrected chi connectivity index (χ4v) is 4.33. The first-order chi connectivity index (χ1) is 9.92. The topological polar surface area (TPSA) is 66.4 Å². The van der Waals surface area contributed by atoms with Crippen molar-refractivity contribution in [2.75, 3.05) is 11.3 Å². The molecule has 2 aromatic rings. The molecule has 0 aliphatic carbocycles. The Morgan fingerprint density at radius 3 is 2.76 bits per heavy atom. The second-order valence-electron chi connectivity index (χ2n) is 4.17. The molecule has 0 bridgehead atoms. The summed E-state index contributed by atoms with van der Waals surface area (Å²) in [4.78, 5) is 0. The van der Waals surface area contributed by atoms with Crippen LogP contribution in [0.4, 0.5) is 5.69 Å². The van der Waals surface area contributed by atoms with Crippen LogP contribution < -0.4 is 4.72 Å². The Kier molecular flexibility index (Phi) is 4.91. The number of halogens is 1. The lowest BCUT2D eigenvalue weighted by molar-refractivity contribution is 0.350. The van der Waals surface area contributed by atoms with Gasteiger partial charge in [-0.3, -0.25) is 4.72 Å². The Morgan fingerprint density at radius 2 is 2.14 bits per heavy atom. The molecule has 0 radical (unpaired) electrons. The van der Waals surface area contributed by atoms with E-state index in [-0.39, 0.29) is 10.8 Å². The minimum atomic E-state index is -3.67. The third-order valence-corrected chi connectivity index (χ3v) is 5.94. The average Bonchev–Trinajstić information content (AvgIpc) is 2.77. The van der Waals surface area contributed by atoms with Gasteiger partial charge < -0.3 is 5.11 Å². The third kappa shape index (κ3) is 3.99. The molecule has 110 valence electrons. The number of hydrogen-bond donors (Lipinski definition) is 2. The zero-order chi connectivity index (χ0) is 15.5. The van der Waals surface area contributed by atoms with Gasteiger partial charge in [0.05, 0.1) is 10.0 Å². The zero-order valence-corrected chi connectivity index (χ0v) is 13.4. The van der Waals surface area contributed by atoms with E-state index in [4.69, 9.17) is 16.7 Å². The summed E-state index contributed by atoms with van der Waals surface area (Å²) in [7, 11) is -3.67. The fourth-order valence-electron chi connectivity index (χ4n) is 1.57. The van der Waals surface area contributed by atoms with Crippen LogP contribution in [0.15, 0.2) is 34.5 Å². The Bertz CT molecular complexity index is 797. The van der Waals surface area contributed by atoms with Gasteiger partial charge in [0.2, 0.25) is 0 Å². The first-order valence-electron chi connectivity index (χ1n) is 5.91. The summed E-state index contributed by atoms with van der Waals surface area (Å²) < 4.78 is 27.6. The van der Waals surface area contributed by atoms with Crippen molar-refractivity contribution in [2.24, 2.45) is 0 Å². The van der Waals surface area contributed by atoms with E-state index in [9.17, 15) is 8.42 Å². The van der Waals surface area contributed by atoms with Gasteiger partial charge in [-0.2, -0.15) is 0 Å². The molecule has 21 heavy (non-hydrogen) atoms. The van der Waals surface area contributed by atoms with Crippen LogP contribution in [-0.4, -0.2) is 20.1 Å². The molecule has 0 atom stereocenters. The van der Waals surface area contributed by atoms with Crippen LogP contribution in [0.1, 0.15) is 11.1 Å². The van der Waals surface area contributed by atoms with Gasteiger partial charge >= 0.3 is 0 Å². The number of aryl methyl sites for hydroxylation is 1. The Labute approximate surface area is 132 Å². The van der Waals surface area contributed by atoms with E-state index in [1.54, 1.807) is 31.2 Å².